The molecule has 0 radical (unpaired) electrons. The van der Waals surface area contributed by atoms with Crippen LogP contribution in [-0.4, -0.2) is 19.0 Å². The molecule has 0 saturated heterocycles. The van der Waals surface area contributed by atoms with Crippen molar-refractivity contribution >= 4 is 12.0 Å². The first-order valence-electron chi connectivity index (χ1n) is 12.1. The van der Waals surface area contributed by atoms with E-state index >= 15 is 0 Å². The number of carbonyl (C=O) groups is 1. The number of ketones is 1. The number of hydrogen-bond acceptors (Lipinski definition) is 2. The highest BCUT2D eigenvalue weighted by Crippen LogP contribution is 2.81. The molecule has 0 N–H and O–H groups in total. The van der Waals surface area contributed by atoms with Gasteiger partial charge in [-0.3, -0.25) is 4.79 Å². The van der Waals surface area contributed by atoms with Crippen LogP contribution in [0.25, 0.3) is 0 Å². The zero-order chi connectivity index (χ0) is 19.8. The van der Waals surface area contributed by atoms with Crippen LogP contribution in [0.2, 0.25) is 0 Å². The largest absolute Gasteiger partial charge is 0.300 e. The standard InChI is InChI=1S/C26H39NO/c1-6-16-12-17-13-18(28)8-9-19(17)20-10-11-26(7-2)24(22(16)20)21-15(3)23(21)25(26,4)14-27-5/h13-16,19-24H,6-12H2,1-5H3. The molecule has 10 unspecified atom stereocenters. The Morgan fingerprint density at radius 1 is 1.21 bits per heavy atom. The smallest absolute Gasteiger partial charge is 0.155 e. The third kappa shape index (κ3) is 2.16. The second-order valence-electron chi connectivity index (χ2n) is 11.2. The molecule has 28 heavy (non-hydrogen) atoms. The zero-order valence-electron chi connectivity index (χ0n) is 18.6. The molecule has 0 aromatic rings. The van der Waals surface area contributed by atoms with E-state index in [-0.39, 0.29) is 5.41 Å². The second-order valence-corrected chi connectivity index (χ2v) is 11.2. The number of carbonyl (C=O) groups excluding carboxylic acids is 1. The molecule has 0 spiro atoms. The van der Waals surface area contributed by atoms with Crippen LogP contribution >= 0.6 is 0 Å². The highest BCUT2D eigenvalue weighted by atomic mass is 16.1. The first-order valence-corrected chi connectivity index (χ1v) is 12.1. The van der Waals surface area contributed by atoms with Gasteiger partial charge < -0.3 is 4.99 Å². The fourth-order valence-electron chi connectivity index (χ4n) is 9.81. The summed E-state index contributed by atoms with van der Waals surface area (Å²) < 4.78 is 0. The lowest BCUT2D eigenvalue weighted by Crippen LogP contribution is -2.55. The van der Waals surface area contributed by atoms with Gasteiger partial charge in [-0.1, -0.05) is 39.7 Å². The van der Waals surface area contributed by atoms with E-state index in [1.807, 2.05) is 7.05 Å². The summed E-state index contributed by atoms with van der Waals surface area (Å²) in [6, 6.07) is 0. The molecule has 5 aliphatic carbocycles. The van der Waals surface area contributed by atoms with E-state index in [9.17, 15) is 4.79 Å². The summed E-state index contributed by atoms with van der Waals surface area (Å²) in [7, 11) is 1.99. The van der Waals surface area contributed by atoms with E-state index in [0.29, 0.717) is 17.1 Å². The van der Waals surface area contributed by atoms with Gasteiger partial charge in [-0.05, 0) is 90.9 Å². The van der Waals surface area contributed by atoms with Gasteiger partial charge in [0.1, 0.15) is 0 Å². The lowest BCUT2D eigenvalue weighted by Gasteiger charge is -2.61. The average Bonchev–Trinajstić information content (AvgIpc) is 3.29. The highest BCUT2D eigenvalue weighted by molar-refractivity contribution is 5.91. The van der Waals surface area contributed by atoms with Gasteiger partial charge in [-0.15, -0.1) is 0 Å². The van der Waals surface area contributed by atoms with Crippen LogP contribution in [-0.2, 0) is 4.79 Å². The molecule has 4 saturated carbocycles. The molecule has 0 bridgehead atoms. The number of aliphatic imine (C=N–C) groups is 1. The maximum Gasteiger partial charge on any atom is 0.155 e. The Labute approximate surface area is 171 Å². The van der Waals surface area contributed by atoms with Crippen molar-refractivity contribution in [1.82, 2.24) is 0 Å². The summed E-state index contributed by atoms with van der Waals surface area (Å²) in [5.74, 6) is 7.10. The summed E-state index contributed by atoms with van der Waals surface area (Å²) in [6.07, 6.45) is 12.9. The van der Waals surface area contributed by atoms with Crippen molar-refractivity contribution in [1.29, 1.82) is 0 Å². The summed E-state index contributed by atoms with van der Waals surface area (Å²) in [4.78, 5) is 16.8. The molecule has 2 nitrogen and oxygen atoms in total. The van der Waals surface area contributed by atoms with Crippen LogP contribution < -0.4 is 0 Å². The lowest BCUT2D eigenvalue weighted by atomic mass is 9.43. The van der Waals surface area contributed by atoms with E-state index in [4.69, 9.17) is 0 Å². The van der Waals surface area contributed by atoms with Crippen LogP contribution in [0.4, 0.5) is 0 Å². The number of hydrogen-bond donors (Lipinski definition) is 0. The average molecular weight is 382 g/mol. The van der Waals surface area contributed by atoms with Crippen molar-refractivity contribution in [3.8, 4) is 0 Å². The predicted octanol–water partition coefficient (Wildman–Crippen LogP) is 5.96. The maximum absolute atomic E-state index is 12.1. The predicted molar refractivity (Wildman–Crippen MR) is 115 cm³/mol. The molecular weight excluding hydrogens is 342 g/mol. The Morgan fingerprint density at radius 2 is 2.00 bits per heavy atom. The van der Waals surface area contributed by atoms with Gasteiger partial charge in [0.25, 0.3) is 0 Å². The Bertz CT molecular complexity index is 737. The minimum atomic E-state index is 0.285. The summed E-state index contributed by atoms with van der Waals surface area (Å²) >= 11 is 0. The highest BCUT2D eigenvalue weighted by Gasteiger charge is 2.78. The van der Waals surface area contributed by atoms with Gasteiger partial charge in [0, 0.05) is 25.1 Å². The Kier molecular flexibility index (Phi) is 4.28. The minimum absolute atomic E-state index is 0.285. The zero-order valence-corrected chi connectivity index (χ0v) is 18.6. The van der Waals surface area contributed by atoms with E-state index in [1.165, 1.54) is 37.7 Å². The number of rotatable bonds is 3. The SMILES string of the molecule is CCC1CC2=CC(=O)CCC2C2CCC3(CC)C(C12)C1C(C)C1C3(C)C=NC. The van der Waals surface area contributed by atoms with Gasteiger partial charge in [0.15, 0.2) is 5.78 Å². The second kappa shape index (κ2) is 6.29. The minimum Gasteiger partial charge on any atom is -0.300 e. The van der Waals surface area contributed by atoms with E-state index in [0.717, 1.165) is 54.3 Å². The molecular formula is C26H39NO. The van der Waals surface area contributed by atoms with Crippen molar-refractivity contribution < 1.29 is 4.79 Å². The van der Waals surface area contributed by atoms with E-state index in [2.05, 4.69) is 45.0 Å². The normalized spacial score (nSPS) is 54.6. The van der Waals surface area contributed by atoms with Crippen molar-refractivity contribution in [3.63, 3.8) is 0 Å². The van der Waals surface area contributed by atoms with Crippen LogP contribution in [0.3, 0.4) is 0 Å². The monoisotopic (exact) mass is 381 g/mol. The third-order valence-corrected chi connectivity index (χ3v) is 10.7. The molecule has 4 fully saturated rings. The first kappa shape index (κ1) is 19.1. The Morgan fingerprint density at radius 3 is 2.68 bits per heavy atom. The Hall–Kier alpha value is -0.920. The molecule has 0 aliphatic heterocycles. The number of allylic oxidation sites excluding steroid dienone is 1. The number of fused-ring (bicyclic) bond motifs is 7. The molecule has 5 rings (SSSR count). The van der Waals surface area contributed by atoms with Crippen molar-refractivity contribution in [2.24, 2.45) is 63.2 Å². The molecule has 0 aromatic carbocycles. The van der Waals surface area contributed by atoms with Gasteiger partial charge in [0.2, 0.25) is 0 Å². The quantitative estimate of drug-likeness (QED) is 0.554. The Balaban J connectivity index is 1.60. The van der Waals surface area contributed by atoms with Crippen molar-refractivity contribution in [3.05, 3.63) is 11.6 Å². The van der Waals surface area contributed by atoms with Crippen molar-refractivity contribution in [2.45, 2.75) is 72.6 Å². The van der Waals surface area contributed by atoms with Gasteiger partial charge in [0.05, 0.1) is 0 Å². The summed E-state index contributed by atoms with van der Waals surface area (Å²) in [5.41, 5.74) is 2.27. The lowest BCUT2D eigenvalue weighted by molar-refractivity contribution is -0.117. The fourth-order valence-corrected chi connectivity index (χ4v) is 9.81. The molecule has 10 atom stereocenters. The molecule has 5 aliphatic rings. The maximum atomic E-state index is 12.1. The van der Waals surface area contributed by atoms with Crippen LogP contribution in [0.1, 0.15) is 72.6 Å². The van der Waals surface area contributed by atoms with Crippen molar-refractivity contribution in [2.75, 3.05) is 7.05 Å². The summed E-state index contributed by atoms with van der Waals surface area (Å²) in [5, 5.41) is 0. The molecule has 0 aromatic heterocycles. The molecule has 0 heterocycles. The van der Waals surface area contributed by atoms with Crippen LogP contribution in [0.15, 0.2) is 16.6 Å². The third-order valence-electron chi connectivity index (χ3n) is 10.7. The molecule has 154 valence electrons. The van der Waals surface area contributed by atoms with Gasteiger partial charge >= 0.3 is 0 Å². The fraction of sp³-hybridized carbons (Fsp3) is 0.846. The number of nitrogens with zero attached hydrogens (tertiary/aromatic N) is 1. The van der Waals surface area contributed by atoms with E-state index in [1.54, 1.807) is 0 Å². The first-order chi connectivity index (χ1) is 13.4. The summed E-state index contributed by atoms with van der Waals surface area (Å²) in [6.45, 7) is 9.97. The molecule has 2 heteroatoms. The topological polar surface area (TPSA) is 29.4 Å². The molecule has 0 amide bonds. The van der Waals surface area contributed by atoms with Crippen LogP contribution in [0, 0.1) is 58.2 Å². The van der Waals surface area contributed by atoms with Gasteiger partial charge in [-0.25, -0.2) is 0 Å². The van der Waals surface area contributed by atoms with Gasteiger partial charge in [-0.2, -0.15) is 0 Å². The van der Waals surface area contributed by atoms with E-state index < -0.39 is 0 Å². The van der Waals surface area contributed by atoms with Crippen LogP contribution in [0.5, 0.6) is 0 Å².